The fraction of sp³-hybridized carbons (Fsp3) is 0.0833. The number of H-pyrrole nitrogens is 1. The van der Waals surface area contributed by atoms with E-state index < -0.39 is 0 Å². The molecular weight excluding hydrogens is 382 g/mol. The van der Waals surface area contributed by atoms with Crippen molar-refractivity contribution in [1.82, 2.24) is 15.3 Å². The molecule has 0 spiro atoms. The number of carbonyl (C=O) groups is 1. The Bertz CT molecular complexity index is 1080. The molecule has 1 unspecified atom stereocenters. The Labute approximate surface area is 174 Å². The molecular formula is C24H20ClN3O. The van der Waals surface area contributed by atoms with Crippen LogP contribution in [0.25, 0.3) is 11.3 Å². The molecule has 1 heterocycles. The van der Waals surface area contributed by atoms with Crippen LogP contribution in [-0.2, 0) is 6.42 Å². The van der Waals surface area contributed by atoms with Crippen molar-refractivity contribution in [2.45, 2.75) is 12.5 Å². The molecule has 0 radical (unpaired) electrons. The van der Waals surface area contributed by atoms with E-state index >= 15 is 0 Å². The summed E-state index contributed by atoms with van der Waals surface area (Å²) in [6.45, 7) is 0. The minimum absolute atomic E-state index is 0.152. The van der Waals surface area contributed by atoms with Crippen LogP contribution in [0.1, 0.15) is 27.8 Å². The van der Waals surface area contributed by atoms with Crippen molar-refractivity contribution >= 4 is 17.5 Å². The molecule has 0 aliphatic heterocycles. The van der Waals surface area contributed by atoms with Crippen LogP contribution in [0, 0.1) is 0 Å². The zero-order chi connectivity index (χ0) is 20.1. The summed E-state index contributed by atoms with van der Waals surface area (Å²) in [6, 6.07) is 28.6. The van der Waals surface area contributed by atoms with Gasteiger partial charge in [-0.1, -0.05) is 90.5 Å². The Morgan fingerprint density at radius 2 is 1.48 bits per heavy atom. The SMILES string of the molecule is O=C(NC(Cc1ccccc1)c1nc(-c2ccccc2)c(Cl)[nH]1)c1ccccc1. The maximum absolute atomic E-state index is 12.8. The van der Waals surface area contributed by atoms with E-state index in [1.165, 1.54) is 0 Å². The second-order valence-electron chi connectivity index (χ2n) is 6.73. The molecule has 0 saturated carbocycles. The van der Waals surface area contributed by atoms with Crippen LogP contribution in [0.3, 0.4) is 0 Å². The number of carbonyl (C=O) groups excluding carboxylic acids is 1. The number of rotatable bonds is 6. The molecule has 4 aromatic rings. The lowest BCUT2D eigenvalue weighted by Gasteiger charge is -2.17. The third-order valence-electron chi connectivity index (χ3n) is 4.68. The summed E-state index contributed by atoms with van der Waals surface area (Å²) in [7, 11) is 0. The first-order valence-corrected chi connectivity index (χ1v) is 9.79. The van der Waals surface area contributed by atoms with Crippen LogP contribution in [0.2, 0.25) is 5.15 Å². The second kappa shape index (κ2) is 8.76. The minimum atomic E-state index is -0.347. The Morgan fingerprint density at radius 1 is 0.897 bits per heavy atom. The Kier molecular flexibility index (Phi) is 5.73. The highest BCUT2D eigenvalue weighted by atomic mass is 35.5. The van der Waals surface area contributed by atoms with E-state index in [0.717, 1.165) is 11.1 Å². The lowest BCUT2D eigenvalue weighted by molar-refractivity contribution is 0.0935. The fourth-order valence-corrected chi connectivity index (χ4v) is 3.47. The summed E-state index contributed by atoms with van der Waals surface area (Å²) < 4.78 is 0. The van der Waals surface area contributed by atoms with Gasteiger partial charge in [-0.25, -0.2) is 4.98 Å². The van der Waals surface area contributed by atoms with Gasteiger partial charge < -0.3 is 10.3 Å². The Balaban J connectivity index is 1.66. The quantitative estimate of drug-likeness (QED) is 0.451. The summed E-state index contributed by atoms with van der Waals surface area (Å²) in [4.78, 5) is 20.7. The van der Waals surface area contributed by atoms with Gasteiger partial charge in [0.2, 0.25) is 0 Å². The van der Waals surface area contributed by atoms with Crippen molar-refractivity contribution in [3.63, 3.8) is 0 Å². The molecule has 4 nitrogen and oxygen atoms in total. The number of aromatic amines is 1. The summed E-state index contributed by atoms with van der Waals surface area (Å²) in [5.74, 6) is 0.474. The average Bonchev–Trinajstić information content (AvgIpc) is 3.17. The number of benzene rings is 3. The molecule has 1 aromatic heterocycles. The number of hydrogen-bond donors (Lipinski definition) is 2. The smallest absolute Gasteiger partial charge is 0.251 e. The molecule has 0 aliphatic carbocycles. The lowest BCUT2D eigenvalue weighted by atomic mass is 10.0. The van der Waals surface area contributed by atoms with Crippen molar-refractivity contribution in [3.8, 4) is 11.3 Å². The number of nitrogens with one attached hydrogen (secondary N) is 2. The number of nitrogens with zero attached hydrogens (tertiary/aromatic N) is 1. The van der Waals surface area contributed by atoms with E-state index in [0.29, 0.717) is 28.7 Å². The molecule has 1 amide bonds. The van der Waals surface area contributed by atoms with Crippen LogP contribution in [0.15, 0.2) is 91.0 Å². The minimum Gasteiger partial charge on any atom is -0.342 e. The third-order valence-corrected chi connectivity index (χ3v) is 4.95. The van der Waals surface area contributed by atoms with Crippen LogP contribution in [0.5, 0.6) is 0 Å². The molecule has 1 atom stereocenters. The monoisotopic (exact) mass is 401 g/mol. The van der Waals surface area contributed by atoms with E-state index in [2.05, 4.69) is 10.3 Å². The predicted octanol–water partition coefficient (Wildman–Crippen LogP) is 5.44. The number of hydrogen-bond acceptors (Lipinski definition) is 2. The van der Waals surface area contributed by atoms with Crippen LogP contribution in [0.4, 0.5) is 0 Å². The first kappa shape index (κ1) is 19.0. The third kappa shape index (κ3) is 4.55. The van der Waals surface area contributed by atoms with E-state index in [9.17, 15) is 4.79 Å². The molecule has 0 bridgehead atoms. The fourth-order valence-electron chi connectivity index (χ4n) is 3.22. The molecule has 29 heavy (non-hydrogen) atoms. The highest BCUT2D eigenvalue weighted by molar-refractivity contribution is 6.31. The number of aromatic nitrogens is 2. The van der Waals surface area contributed by atoms with Gasteiger partial charge in [0.1, 0.15) is 16.7 Å². The molecule has 0 saturated heterocycles. The summed E-state index contributed by atoms with van der Waals surface area (Å²) in [5, 5.41) is 3.56. The maximum atomic E-state index is 12.8. The molecule has 0 aliphatic rings. The van der Waals surface area contributed by atoms with E-state index in [4.69, 9.17) is 16.6 Å². The van der Waals surface area contributed by atoms with Gasteiger partial charge in [-0.3, -0.25) is 4.79 Å². The van der Waals surface area contributed by atoms with Gasteiger partial charge >= 0.3 is 0 Å². The first-order valence-electron chi connectivity index (χ1n) is 9.41. The summed E-state index contributed by atoms with van der Waals surface area (Å²) in [5.41, 5.74) is 3.30. The van der Waals surface area contributed by atoms with Crippen molar-refractivity contribution in [3.05, 3.63) is 113 Å². The summed E-state index contributed by atoms with van der Waals surface area (Å²) in [6.07, 6.45) is 0.595. The number of imidazole rings is 1. The van der Waals surface area contributed by atoms with Gasteiger partial charge in [-0.15, -0.1) is 0 Å². The van der Waals surface area contributed by atoms with Crippen LogP contribution < -0.4 is 5.32 Å². The zero-order valence-electron chi connectivity index (χ0n) is 15.7. The van der Waals surface area contributed by atoms with Gasteiger partial charge in [-0.05, 0) is 24.1 Å². The molecule has 5 heteroatoms. The zero-order valence-corrected chi connectivity index (χ0v) is 16.4. The van der Waals surface area contributed by atoms with Crippen molar-refractivity contribution in [1.29, 1.82) is 0 Å². The average molecular weight is 402 g/mol. The van der Waals surface area contributed by atoms with Crippen molar-refractivity contribution in [2.75, 3.05) is 0 Å². The molecule has 144 valence electrons. The maximum Gasteiger partial charge on any atom is 0.251 e. The Morgan fingerprint density at radius 3 is 2.14 bits per heavy atom. The van der Waals surface area contributed by atoms with Crippen molar-refractivity contribution in [2.24, 2.45) is 0 Å². The number of amides is 1. The second-order valence-corrected chi connectivity index (χ2v) is 7.11. The van der Waals surface area contributed by atoms with Crippen LogP contribution in [-0.4, -0.2) is 15.9 Å². The standard InChI is InChI=1S/C24H20ClN3O/c25-22-21(18-12-6-2-7-13-18)27-23(28-22)20(16-17-10-4-1-5-11-17)26-24(29)19-14-8-3-9-15-19/h1-15,20H,16H2,(H,26,29)(H,27,28). The topological polar surface area (TPSA) is 57.8 Å². The first-order chi connectivity index (χ1) is 14.2. The highest BCUT2D eigenvalue weighted by Crippen LogP contribution is 2.28. The Hall–Kier alpha value is -3.37. The molecule has 3 aromatic carbocycles. The number of halogens is 1. The van der Waals surface area contributed by atoms with E-state index in [1.54, 1.807) is 12.1 Å². The van der Waals surface area contributed by atoms with E-state index in [-0.39, 0.29) is 11.9 Å². The molecule has 2 N–H and O–H groups in total. The van der Waals surface area contributed by atoms with Gasteiger partial charge in [-0.2, -0.15) is 0 Å². The van der Waals surface area contributed by atoms with Gasteiger partial charge in [0, 0.05) is 11.1 Å². The van der Waals surface area contributed by atoms with Gasteiger partial charge in [0.25, 0.3) is 5.91 Å². The predicted molar refractivity (Wildman–Crippen MR) is 116 cm³/mol. The van der Waals surface area contributed by atoms with Crippen LogP contribution >= 0.6 is 11.6 Å². The lowest BCUT2D eigenvalue weighted by Crippen LogP contribution is -2.30. The van der Waals surface area contributed by atoms with E-state index in [1.807, 2.05) is 78.9 Å². The van der Waals surface area contributed by atoms with Gasteiger partial charge in [0.05, 0.1) is 6.04 Å². The molecule has 0 fully saturated rings. The molecule has 4 rings (SSSR count). The largest absolute Gasteiger partial charge is 0.342 e. The highest BCUT2D eigenvalue weighted by Gasteiger charge is 2.22. The van der Waals surface area contributed by atoms with Gasteiger partial charge in [0.15, 0.2) is 0 Å². The normalized spacial score (nSPS) is 11.8. The summed E-state index contributed by atoms with van der Waals surface area (Å²) >= 11 is 6.45. The van der Waals surface area contributed by atoms with Crippen molar-refractivity contribution < 1.29 is 4.79 Å².